The van der Waals surface area contributed by atoms with E-state index in [1.165, 1.54) is 17.3 Å². The minimum atomic E-state index is -0.219. The number of anilines is 1. The van der Waals surface area contributed by atoms with Gasteiger partial charge in [0.15, 0.2) is 5.82 Å². The fourth-order valence-electron chi connectivity index (χ4n) is 3.51. The Labute approximate surface area is 139 Å². The van der Waals surface area contributed by atoms with E-state index in [0.29, 0.717) is 0 Å². The summed E-state index contributed by atoms with van der Waals surface area (Å²) in [6, 6.07) is 2.12. The molecule has 0 amide bonds. The van der Waals surface area contributed by atoms with E-state index in [1.807, 2.05) is 11.7 Å². The molecule has 0 radical (unpaired) electrons. The molecule has 0 bridgehead atoms. The first kappa shape index (κ1) is 15.0. The molecule has 1 saturated heterocycles. The fourth-order valence-corrected chi connectivity index (χ4v) is 4.44. The Morgan fingerprint density at radius 3 is 2.74 bits per heavy atom. The van der Waals surface area contributed by atoms with Gasteiger partial charge in [-0.15, -0.1) is 11.3 Å². The first-order chi connectivity index (χ1) is 11.1. The van der Waals surface area contributed by atoms with Gasteiger partial charge in [0, 0.05) is 39.8 Å². The number of rotatable bonds is 4. The molecule has 0 aromatic carbocycles. The number of hydrogen-bond acceptors (Lipinski definition) is 6. The van der Waals surface area contributed by atoms with E-state index in [4.69, 9.17) is 4.74 Å². The van der Waals surface area contributed by atoms with E-state index in [0.717, 1.165) is 51.4 Å². The van der Waals surface area contributed by atoms with Crippen LogP contribution in [0.5, 0.6) is 0 Å². The maximum Gasteiger partial charge on any atom is 0.313 e. The third-order valence-corrected chi connectivity index (χ3v) is 6.01. The molecule has 4 rings (SSSR count). The van der Waals surface area contributed by atoms with E-state index in [1.54, 1.807) is 11.3 Å². The largest absolute Gasteiger partial charge is 0.469 e. The van der Waals surface area contributed by atoms with Crippen molar-refractivity contribution in [3.8, 4) is 0 Å². The molecule has 6 nitrogen and oxygen atoms in total. The van der Waals surface area contributed by atoms with Crippen molar-refractivity contribution in [1.82, 2.24) is 14.7 Å². The second-order valence-corrected chi connectivity index (χ2v) is 7.53. The summed E-state index contributed by atoms with van der Waals surface area (Å²) in [4.78, 5) is 16.7. The number of methoxy groups -OCH3 is 1. The Kier molecular flexibility index (Phi) is 3.57. The van der Waals surface area contributed by atoms with Gasteiger partial charge >= 0.3 is 5.97 Å². The third-order valence-electron chi connectivity index (χ3n) is 5.11. The van der Waals surface area contributed by atoms with E-state index in [-0.39, 0.29) is 11.4 Å². The number of thiophene rings is 1. The minimum absolute atomic E-state index is 0.0371. The number of aromatic nitrogens is 2. The zero-order valence-electron chi connectivity index (χ0n) is 13.6. The number of carbonyl (C=O) groups is 1. The molecule has 2 fully saturated rings. The Bertz CT molecular complexity index is 726. The van der Waals surface area contributed by atoms with Gasteiger partial charge in [-0.2, -0.15) is 5.10 Å². The van der Waals surface area contributed by atoms with Crippen LogP contribution in [0.25, 0.3) is 10.2 Å². The average Bonchev–Trinajstić information content (AvgIpc) is 3.06. The van der Waals surface area contributed by atoms with Crippen LogP contribution in [0, 0.1) is 5.41 Å². The molecule has 7 heteroatoms. The lowest BCUT2D eigenvalue weighted by molar-refractivity contribution is -0.147. The van der Waals surface area contributed by atoms with Gasteiger partial charge < -0.3 is 9.64 Å². The second-order valence-electron chi connectivity index (χ2n) is 6.62. The number of fused-ring (bicyclic) bond motifs is 1. The van der Waals surface area contributed by atoms with Crippen molar-refractivity contribution in [2.75, 3.05) is 44.7 Å². The Balaban J connectivity index is 1.41. The van der Waals surface area contributed by atoms with Crippen LogP contribution in [-0.2, 0) is 16.6 Å². The van der Waals surface area contributed by atoms with Crippen LogP contribution in [0.4, 0.5) is 5.82 Å². The second kappa shape index (κ2) is 5.49. The van der Waals surface area contributed by atoms with Gasteiger partial charge in [0.2, 0.25) is 0 Å². The van der Waals surface area contributed by atoms with Crippen molar-refractivity contribution in [2.24, 2.45) is 12.5 Å². The summed E-state index contributed by atoms with van der Waals surface area (Å²) in [6.07, 6.45) is 1.94. The van der Waals surface area contributed by atoms with Gasteiger partial charge in [0.25, 0.3) is 0 Å². The number of nitrogens with zero attached hydrogens (tertiary/aromatic N) is 4. The zero-order valence-corrected chi connectivity index (χ0v) is 14.4. The molecule has 0 spiro atoms. The summed E-state index contributed by atoms with van der Waals surface area (Å²) in [6.45, 7) is 4.71. The van der Waals surface area contributed by atoms with Gasteiger partial charge in [0.05, 0.1) is 22.7 Å². The highest BCUT2D eigenvalue weighted by atomic mass is 32.1. The highest BCUT2D eigenvalue weighted by Crippen LogP contribution is 2.47. The van der Waals surface area contributed by atoms with Crippen LogP contribution >= 0.6 is 11.3 Å². The van der Waals surface area contributed by atoms with Crippen molar-refractivity contribution in [2.45, 2.75) is 12.8 Å². The Morgan fingerprint density at radius 1 is 1.35 bits per heavy atom. The SMILES string of the molecule is COC(=O)C1(CN2CCN(c3nn(C)c4ccsc34)CC2)CC1. The number of ether oxygens (including phenoxy) is 1. The number of carbonyl (C=O) groups excluding carboxylic acids is 1. The number of aryl methyl sites for hydroxylation is 1. The first-order valence-electron chi connectivity index (χ1n) is 8.09. The molecule has 0 N–H and O–H groups in total. The van der Waals surface area contributed by atoms with Crippen LogP contribution < -0.4 is 4.90 Å². The lowest BCUT2D eigenvalue weighted by atomic mass is 10.1. The lowest BCUT2D eigenvalue weighted by Gasteiger charge is -2.36. The molecular formula is C16H22N4O2S. The Morgan fingerprint density at radius 2 is 2.09 bits per heavy atom. The van der Waals surface area contributed by atoms with E-state index in [9.17, 15) is 4.79 Å². The zero-order chi connectivity index (χ0) is 16.0. The highest BCUT2D eigenvalue weighted by molar-refractivity contribution is 7.17. The number of esters is 1. The number of piperazine rings is 1. The van der Waals surface area contributed by atoms with Crippen LogP contribution in [0.15, 0.2) is 11.4 Å². The minimum Gasteiger partial charge on any atom is -0.469 e. The van der Waals surface area contributed by atoms with Gasteiger partial charge in [-0.1, -0.05) is 0 Å². The highest BCUT2D eigenvalue weighted by Gasteiger charge is 2.52. The van der Waals surface area contributed by atoms with E-state index >= 15 is 0 Å². The fraction of sp³-hybridized carbons (Fsp3) is 0.625. The maximum atomic E-state index is 11.9. The molecule has 0 unspecified atom stereocenters. The molecule has 23 heavy (non-hydrogen) atoms. The molecule has 124 valence electrons. The van der Waals surface area contributed by atoms with Crippen molar-refractivity contribution >= 4 is 33.3 Å². The van der Waals surface area contributed by atoms with E-state index < -0.39 is 0 Å². The number of hydrogen-bond donors (Lipinski definition) is 0. The lowest BCUT2D eigenvalue weighted by Crippen LogP contribution is -2.49. The van der Waals surface area contributed by atoms with Crippen LogP contribution in [0.1, 0.15) is 12.8 Å². The van der Waals surface area contributed by atoms with Gasteiger partial charge in [-0.05, 0) is 24.3 Å². The standard InChI is InChI=1S/C16H22N4O2S/c1-18-12-3-10-23-13(12)14(17-18)20-8-6-19(7-9-20)11-16(4-5-16)15(21)22-2/h3,10H,4-9,11H2,1-2H3. The molecule has 1 aliphatic carbocycles. The average molecular weight is 334 g/mol. The molecule has 1 aliphatic heterocycles. The molecule has 1 saturated carbocycles. The van der Waals surface area contributed by atoms with Crippen molar-refractivity contribution in [3.05, 3.63) is 11.4 Å². The van der Waals surface area contributed by atoms with Crippen molar-refractivity contribution in [1.29, 1.82) is 0 Å². The Hall–Kier alpha value is -1.60. The molecular weight excluding hydrogens is 312 g/mol. The molecule has 2 aliphatic rings. The molecule has 2 aromatic rings. The van der Waals surface area contributed by atoms with Gasteiger partial charge in [-0.3, -0.25) is 14.4 Å². The molecule has 0 atom stereocenters. The summed E-state index contributed by atoms with van der Waals surface area (Å²) in [5.74, 6) is 1.07. The van der Waals surface area contributed by atoms with Crippen LogP contribution in [0.3, 0.4) is 0 Å². The van der Waals surface area contributed by atoms with Crippen LogP contribution in [0.2, 0.25) is 0 Å². The van der Waals surface area contributed by atoms with Crippen molar-refractivity contribution in [3.63, 3.8) is 0 Å². The predicted molar refractivity (Wildman–Crippen MR) is 90.9 cm³/mol. The first-order valence-corrected chi connectivity index (χ1v) is 8.97. The van der Waals surface area contributed by atoms with Gasteiger partial charge in [-0.25, -0.2) is 0 Å². The van der Waals surface area contributed by atoms with Crippen molar-refractivity contribution < 1.29 is 9.53 Å². The third kappa shape index (κ3) is 2.52. The monoisotopic (exact) mass is 334 g/mol. The maximum absolute atomic E-state index is 11.9. The summed E-state index contributed by atoms with van der Waals surface area (Å²) in [5.41, 5.74) is 0.984. The topological polar surface area (TPSA) is 50.6 Å². The van der Waals surface area contributed by atoms with Crippen LogP contribution in [-0.4, -0.2) is 60.5 Å². The smallest absolute Gasteiger partial charge is 0.313 e. The summed E-state index contributed by atoms with van der Waals surface area (Å²) < 4.78 is 8.20. The molecule has 3 heterocycles. The molecule has 2 aromatic heterocycles. The summed E-state index contributed by atoms with van der Waals surface area (Å²) in [5, 5.41) is 6.81. The summed E-state index contributed by atoms with van der Waals surface area (Å²) in [7, 11) is 3.50. The predicted octanol–water partition coefficient (Wildman–Crippen LogP) is 1.71. The normalized spacial score (nSPS) is 20.9. The quantitative estimate of drug-likeness (QED) is 0.797. The van der Waals surface area contributed by atoms with E-state index in [2.05, 4.69) is 26.3 Å². The van der Waals surface area contributed by atoms with Gasteiger partial charge in [0.1, 0.15) is 0 Å². The summed E-state index contributed by atoms with van der Waals surface area (Å²) >= 11 is 1.76.